The van der Waals surface area contributed by atoms with Gasteiger partial charge in [-0.3, -0.25) is 4.79 Å². The highest BCUT2D eigenvalue weighted by Crippen LogP contribution is 2.00. The molecular weight excluding hydrogens is 116 g/mol. The van der Waals surface area contributed by atoms with Gasteiger partial charge in [-0.25, -0.2) is 0 Å². The quantitative estimate of drug-likeness (QED) is 0.414. The first-order chi connectivity index (χ1) is 4.35. The highest BCUT2D eigenvalue weighted by Gasteiger charge is 1.99. The average Bonchev–Trinajstić information content (AvgIpc) is 1.88. The first-order valence-electron chi connectivity index (χ1n) is 3.06. The Kier molecular flexibility index (Phi) is 4.88. The Morgan fingerprint density at radius 1 is 1.78 bits per heavy atom. The fourth-order valence-corrected chi connectivity index (χ4v) is 0.597. The number of carbonyl (C=O) groups excluding carboxylic acids is 1. The van der Waals surface area contributed by atoms with E-state index in [4.69, 9.17) is 0 Å². The molecule has 0 aromatic rings. The summed E-state index contributed by atoms with van der Waals surface area (Å²) < 4.78 is 4.63. The van der Waals surface area contributed by atoms with E-state index in [1.165, 1.54) is 0 Å². The Bertz CT molecular complexity index is 88.9. The molecule has 0 amide bonds. The largest absolute Gasteiger partial charge is 0.460 e. The van der Waals surface area contributed by atoms with E-state index >= 15 is 0 Å². The molecule has 2 nitrogen and oxygen atoms in total. The van der Waals surface area contributed by atoms with Gasteiger partial charge in [-0.05, 0) is 6.42 Å². The van der Waals surface area contributed by atoms with Crippen LogP contribution in [0.25, 0.3) is 0 Å². The summed E-state index contributed by atoms with van der Waals surface area (Å²) in [5.74, 6) is 0. The number of ether oxygens (including phenoxy) is 1. The van der Waals surface area contributed by atoms with Crippen molar-refractivity contribution >= 4 is 6.47 Å². The first-order valence-corrected chi connectivity index (χ1v) is 3.06. The maximum Gasteiger partial charge on any atom is 0.293 e. The van der Waals surface area contributed by atoms with Crippen molar-refractivity contribution in [3.05, 3.63) is 12.7 Å². The van der Waals surface area contributed by atoms with Gasteiger partial charge in [0.05, 0.1) is 0 Å². The summed E-state index contributed by atoms with van der Waals surface area (Å²) in [7, 11) is 0. The smallest absolute Gasteiger partial charge is 0.293 e. The Labute approximate surface area is 55.5 Å². The second-order valence-corrected chi connectivity index (χ2v) is 1.80. The first kappa shape index (κ1) is 8.21. The molecule has 0 rings (SSSR count). The van der Waals surface area contributed by atoms with Crippen LogP contribution in [0.1, 0.15) is 19.8 Å². The minimum Gasteiger partial charge on any atom is -0.460 e. The van der Waals surface area contributed by atoms with Crippen molar-refractivity contribution in [2.24, 2.45) is 0 Å². The van der Waals surface area contributed by atoms with Gasteiger partial charge in [0.15, 0.2) is 0 Å². The highest BCUT2D eigenvalue weighted by atomic mass is 16.5. The molecule has 0 saturated heterocycles. The van der Waals surface area contributed by atoms with Gasteiger partial charge >= 0.3 is 0 Å². The lowest BCUT2D eigenvalue weighted by molar-refractivity contribution is -0.131. The SMILES string of the molecule is C=CC(CCC)OC=O. The van der Waals surface area contributed by atoms with Crippen molar-refractivity contribution in [3.63, 3.8) is 0 Å². The molecule has 52 valence electrons. The topological polar surface area (TPSA) is 26.3 Å². The van der Waals surface area contributed by atoms with Gasteiger partial charge in [0.1, 0.15) is 6.10 Å². The van der Waals surface area contributed by atoms with Crippen molar-refractivity contribution < 1.29 is 9.53 Å². The summed E-state index contributed by atoms with van der Waals surface area (Å²) >= 11 is 0. The molecule has 0 aromatic heterocycles. The molecule has 0 radical (unpaired) electrons. The molecule has 2 heteroatoms. The van der Waals surface area contributed by atoms with Gasteiger partial charge in [-0.1, -0.05) is 26.0 Å². The van der Waals surface area contributed by atoms with Crippen molar-refractivity contribution in [2.45, 2.75) is 25.9 Å². The minimum atomic E-state index is -0.0903. The third kappa shape index (κ3) is 3.76. The van der Waals surface area contributed by atoms with E-state index in [9.17, 15) is 4.79 Å². The van der Waals surface area contributed by atoms with Gasteiger partial charge in [0, 0.05) is 0 Å². The van der Waals surface area contributed by atoms with Gasteiger partial charge in [0.2, 0.25) is 0 Å². The predicted octanol–water partition coefficient (Wildman–Crippen LogP) is 1.51. The Morgan fingerprint density at radius 3 is 2.78 bits per heavy atom. The third-order valence-electron chi connectivity index (χ3n) is 1.07. The molecule has 0 saturated carbocycles. The summed E-state index contributed by atoms with van der Waals surface area (Å²) in [6.07, 6.45) is 3.41. The van der Waals surface area contributed by atoms with Crippen molar-refractivity contribution in [1.29, 1.82) is 0 Å². The van der Waals surface area contributed by atoms with Crippen molar-refractivity contribution in [1.82, 2.24) is 0 Å². The van der Waals surface area contributed by atoms with Crippen molar-refractivity contribution in [2.75, 3.05) is 0 Å². The monoisotopic (exact) mass is 128 g/mol. The second-order valence-electron chi connectivity index (χ2n) is 1.80. The van der Waals surface area contributed by atoms with E-state index < -0.39 is 0 Å². The summed E-state index contributed by atoms with van der Waals surface area (Å²) in [6.45, 7) is 6.01. The number of hydrogen-bond donors (Lipinski definition) is 0. The van der Waals surface area contributed by atoms with E-state index in [0.29, 0.717) is 6.47 Å². The number of carbonyl (C=O) groups is 1. The van der Waals surface area contributed by atoms with Crippen LogP contribution in [0.5, 0.6) is 0 Å². The van der Waals surface area contributed by atoms with Crippen LogP contribution in [0.2, 0.25) is 0 Å². The molecule has 0 fully saturated rings. The molecule has 0 aliphatic heterocycles. The van der Waals surface area contributed by atoms with E-state index in [1.54, 1.807) is 6.08 Å². The zero-order valence-corrected chi connectivity index (χ0v) is 5.67. The van der Waals surface area contributed by atoms with Gasteiger partial charge < -0.3 is 4.74 Å². The van der Waals surface area contributed by atoms with Crippen molar-refractivity contribution in [3.8, 4) is 0 Å². The molecule has 9 heavy (non-hydrogen) atoms. The summed E-state index contributed by atoms with van der Waals surface area (Å²) in [4.78, 5) is 9.78. The molecule has 0 N–H and O–H groups in total. The van der Waals surface area contributed by atoms with Crippen LogP contribution in [0, 0.1) is 0 Å². The Hall–Kier alpha value is -0.790. The molecule has 0 aliphatic carbocycles. The highest BCUT2D eigenvalue weighted by molar-refractivity contribution is 5.37. The van der Waals surface area contributed by atoms with Crippen LogP contribution in [0.3, 0.4) is 0 Å². The zero-order chi connectivity index (χ0) is 7.11. The predicted molar refractivity (Wildman–Crippen MR) is 36.0 cm³/mol. The lowest BCUT2D eigenvalue weighted by Gasteiger charge is -2.06. The van der Waals surface area contributed by atoms with Crippen LogP contribution in [0.4, 0.5) is 0 Å². The third-order valence-corrected chi connectivity index (χ3v) is 1.07. The molecule has 0 spiro atoms. The van der Waals surface area contributed by atoms with Gasteiger partial charge in [-0.2, -0.15) is 0 Å². The zero-order valence-electron chi connectivity index (χ0n) is 5.67. The maximum atomic E-state index is 9.78. The summed E-state index contributed by atoms with van der Waals surface area (Å²) in [5.41, 5.74) is 0. The summed E-state index contributed by atoms with van der Waals surface area (Å²) in [5, 5.41) is 0. The molecule has 1 atom stereocenters. The lowest BCUT2D eigenvalue weighted by atomic mass is 10.2. The van der Waals surface area contributed by atoms with Crippen LogP contribution >= 0.6 is 0 Å². The van der Waals surface area contributed by atoms with Crippen LogP contribution < -0.4 is 0 Å². The standard InChI is InChI=1S/C7H12O2/c1-3-5-7(4-2)9-6-8/h4,6-7H,2-3,5H2,1H3. The Morgan fingerprint density at radius 2 is 2.44 bits per heavy atom. The van der Waals surface area contributed by atoms with Crippen LogP contribution in [0.15, 0.2) is 12.7 Å². The van der Waals surface area contributed by atoms with E-state index in [0.717, 1.165) is 12.8 Å². The van der Waals surface area contributed by atoms with Gasteiger partial charge in [-0.15, -0.1) is 0 Å². The van der Waals surface area contributed by atoms with Gasteiger partial charge in [0.25, 0.3) is 6.47 Å². The lowest BCUT2D eigenvalue weighted by Crippen LogP contribution is -2.06. The van der Waals surface area contributed by atoms with E-state index in [1.807, 2.05) is 6.92 Å². The minimum absolute atomic E-state index is 0.0903. The van der Waals surface area contributed by atoms with E-state index in [-0.39, 0.29) is 6.10 Å². The van der Waals surface area contributed by atoms with E-state index in [2.05, 4.69) is 11.3 Å². The average molecular weight is 128 g/mol. The van der Waals surface area contributed by atoms with Crippen LogP contribution in [-0.2, 0) is 9.53 Å². The van der Waals surface area contributed by atoms with Crippen LogP contribution in [-0.4, -0.2) is 12.6 Å². The normalized spacial score (nSPS) is 12.1. The fraction of sp³-hybridized carbons (Fsp3) is 0.571. The second kappa shape index (κ2) is 5.35. The fourth-order valence-electron chi connectivity index (χ4n) is 0.597. The Balaban J connectivity index is 3.40. The molecular formula is C7H12O2. The molecule has 0 aliphatic rings. The molecule has 0 aromatic carbocycles. The molecule has 1 unspecified atom stereocenters. The molecule has 0 heterocycles. The summed E-state index contributed by atoms with van der Waals surface area (Å²) in [6, 6.07) is 0. The maximum absolute atomic E-state index is 9.78. The number of rotatable bonds is 5. The number of hydrogen-bond acceptors (Lipinski definition) is 2. The molecule has 0 bridgehead atoms.